The monoisotopic (exact) mass is 378 g/mol. The number of amides is 2. The molecule has 1 aliphatic rings. The fourth-order valence-corrected chi connectivity index (χ4v) is 2.63. The van der Waals surface area contributed by atoms with Crippen molar-refractivity contribution in [2.75, 3.05) is 13.7 Å². The van der Waals surface area contributed by atoms with Gasteiger partial charge in [-0.15, -0.1) is 0 Å². The molecule has 2 amide bonds. The maximum atomic E-state index is 12.3. The molecule has 0 aromatic heterocycles. The number of methoxy groups -OCH3 is 1. The highest BCUT2D eigenvalue weighted by Crippen LogP contribution is 2.35. The Kier molecular flexibility index (Phi) is 6.27. The minimum Gasteiger partial charge on any atom is -0.493 e. The highest BCUT2D eigenvalue weighted by Gasteiger charge is 2.32. The van der Waals surface area contributed by atoms with Crippen LogP contribution in [0.15, 0.2) is 29.5 Å². The molecule has 3 N–H and O–H groups in total. The number of urea groups is 1. The molecule has 0 radical (unpaired) electrons. The van der Waals surface area contributed by atoms with Gasteiger partial charge in [-0.1, -0.05) is 6.07 Å². The third kappa shape index (κ3) is 4.49. The zero-order chi connectivity index (χ0) is 20.1. The van der Waals surface area contributed by atoms with E-state index < -0.39 is 30.1 Å². The minimum absolute atomic E-state index is 0.194. The molecule has 9 nitrogen and oxygen atoms in total. The number of ether oxygens (including phenoxy) is 3. The molecular formula is C18H22N2O7. The van der Waals surface area contributed by atoms with Crippen molar-refractivity contribution < 1.29 is 33.7 Å². The molecular weight excluding hydrogens is 356 g/mol. The standard InChI is InChI=1S/C18H22N2O7/c1-5-26-17(23)14-9(2)19-18(24)20-15(14)11-6-7-12(13(8-11)25-4)27-10(3)16(21)22/h6-8,10,15H,5H2,1-4H3,(H,21,22)(H2,19,20,24)/t10-,15-/m0/s1. The first-order valence-electron chi connectivity index (χ1n) is 8.31. The number of hydrogen-bond donors (Lipinski definition) is 3. The van der Waals surface area contributed by atoms with E-state index in [0.717, 1.165) is 0 Å². The quantitative estimate of drug-likeness (QED) is 0.618. The van der Waals surface area contributed by atoms with Crippen molar-refractivity contribution in [1.29, 1.82) is 0 Å². The summed E-state index contributed by atoms with van der Waals surface area (Å²) in [5, 5.41) is 14.2. The van der Waals surface area contributed by atoms with Crippen molar-refractivity contribution in [3.05, 3.63) is 35.0 Å². The SMILES string of the molecule is CCOC(=O)C1=C(C)NC(=O)N[C@H]1c1ccc(O[C@@H](C)C(=O)O)c(OC)c1. The normalized spacial score (nSPS) is 17.5. The van der Waals surface area contributed by atoms with Crippen LogP contribution in [0.1, 0.15) is 32.4 Å². The Labute approximate surface area is 156 Å². The topological polar surface area (TPSA) is 123 Å². The molecule has 146 valence electrons. The molecule has 1 heterocycles. The first kappa shape index (κ1) is 20.1. The highest BCUT2D eigenvalue weighted by atomic mass is 16.5. The maximum Gasteiger partial charge on any atom is 0.344 e. The van der Waals surface area contributed by atoms with Crippen LogP contribution in [0, 0.1) is 0 Å². The Morgan fingerprint density at radius 1 is 1.30 bits per heavy atom. The van der Waals surface area contributed by atoms with Gasteiger partial charge in [0.25, 0.3) is 0 Å². The van der Waals surface area contributed by atoms with Gasteiger partial charge in [0.15, 0.2) is 17.6 Å². The fourth-order valence-electron chi connectivity index (χ4n) is 2.63. The predicted octanol–water partition coefficient (Wildman–Crippen LogP) is 1.74. The second-order valence-electron chi connectivity index (χ2n) is 5.80. The van der Waals surface area contributed by atoms with Crippen LogP contribution < -0.4 is 20.1 Å². The second-order valence-corrected chi connectivity index (χ2v) is 5.80. The molecule has 0 spiro atoms. The second kappa shape index (κ2) is 8.43. The number of carboxylic acid groups (broad SMARTS) is 1. The van der Waals surface area contributed by atoms with Gasteiger partial charge >= 0.3 is 18.0 Å². The van der Waals surface area contributed by atoms with E-state index in [-0.39, 0.29) is 23.7 Å². The number of allylic oxidation sites excluding steroid dienone is 1. The number of nitrogens with one attached hydrogen (secondary N) is 2. The molecule has 9 heteroatoms. The Hall–Kier alpha value is -3.23. The van der Waals surface area contributed by atoms with Crippen LogP contribution in [-0.2, 0) is 14.3 Å². The number of carbonyl (C=O) groups excluding carboxylic acids is 2. The van der Waals surface area contributed by atoms with Crippen molar-refractivity contribution in [2.24, 2.45) is 0 Å². The summed E-state index contributed by atoms with van der Waals surface area (Å²) < 4.78 is 15.7. The largest absolute Gasteiger partial charge is 0.493 e. The lowest BCUT2D eigenvalue weighted by Gasteiger charge is -2.28. The Balaban J connectivity index is 2.42. The van der Waals surface area contributed by atoms with Crippen LogP contribution in [0.5, 0.6) is 11.5 Å². The van der Waals surface area contributed by atoms with Crippen LogP contribution in [0.25, 0.3) is 0 Å². The summed E-state index contributed by atoms with van der Waals surface area (Å²) in [6.07, 6.45) is -1.07. The van der Waals surface area contributed by atoms with Gasteiger partial charge in [0.2, 0.25) is 0 Å². The molecule has 0 fully saturated rings. The lowest BCUT2D eigenvalue weighted by molar-refractivity contribution is -0.144. The van der Waals surface area contributed by atoms with E-state index in [9.17, 15) is 14.4 Å². The highest BCUT2D eigenvalue weighted by molar-refractivity contribution is 5.95. The Morgan fingerprint density at radius 3 is 2.59 bits per heavy atom. The number of esters is 1. The van der Waals surface area contributed by atoms with E-state index in [4.69, 9.17) is 19.3 Å². The Bertz CT molecular complexity index is 788. The average Bonchev–Trinajstić information content (AvgIpc) is 2.61. The molecule has 0 bridgehead atoms. The Morgan fingerprint density at radius 2 is 2.00 bits per heavy atom. The third-order valence-electron chi connectivity index (χ3n) is 3.94. The molecule has 0 aliphatic carbocycles. The van der Waals surface area contributed by atoms with E-state index >= 15 is 0 Å². The molecule has 1 aromatic carbocycles. The van der Waals surface area contributed by atoms with Gasteiger partial charge < -0.3 is 30.0 Å². The molecule has 0 saturated carbocycles. The summed E-state index contributed by atoms with van der Waals surface area (Å²) in [5.74, 6) is -1.16. The molecule has 1 aromatic rings. The fraction of sp³-hybridized carbons (Fsp3) is 0.389. The number of aliphatic carboxylic acids is 1. The maximum absolute atomic E-state index is 12.3. The summed E-state index contributed by atoms with van der Waals surface area (Å²) in [7, 11) is 1.41. The van der Waals surface area contributed by atoms with E-state index in [1.54, 1.807) is 26.0 Å². The molecule has 1 aliphatic heterocycles. The zero-order valence-corrected chi connectivity index (χ0v) is 15.5. The van der Waals surface area contributed by atoms with Crippen molar-refractivity contribution in [1.82, 2.24) is 10.6 Å². The first-order valence-corrected chi connectivity index (χ1v) is 8.31. The van der Waals surface area contributed by atoms with Crippen molar-refractivity contribution in [3.63, 3.8) is 0 Å². The average molecular weight is 378 g/mol. The van der Waals surface area contributed by atoms with Crippen molar-refractivity contribution in [3.8, 4) is 11.5 Å². The number of benzene rings is 1. The van der Waals surface area contributed by atoms with E-state index in [1.165, 1.54) is 20.1 Å². The smallest absolute Gasteiger partial charge is 0.344 e. The summed E-state index contributed by atoms with van der Waals surface area (Å²) in [4.78, 5) is 35.2. The van der Waals surface area contributed by atoms with E-state index in [0.29, 0.717) is 11.3 Å². The summed E-state index contributed by atoms with van der Waals surface area (Å²) in [6.45, 7) is 4.89. The van der Waals surface area contributed by atoms with Gasteiger partial charge in [0, 0.05) is 5.70 Å². The van der Waals surface area contributed by atoms with Gasteiger partial charge in [-0.05, 0) is 38.5 Å². The molecule has 27 heavy (non-hydrogen) atoms. The van der Waals surface area contributed by atoms with Crippen LogP contribution in [0.3, 0.4) is 0 Å². The van der Waals surface area contributed by atoms with Gasteiger partial charge in [-0.3, -0.25) is 0 Å². The lowest BCUT2D eigenvalue weighted by Crippen LogP contribution is -2.45. The number of carboxylic acids is 1. The van der Waals surface area contributed by atoms with Gasteiger partial charge in [-0.2, -0.15) is 0 Å². The number of rotatable bonds is 7. The first-order chi connectivity index (χ1) is 12.8. The van der Waals surface area contributed by atoms with Crippen molar-refractivity contribution in [2.45, 2.75) is 32.9 Å². The van der Waals surface area contributed by atoms with E-state index in [2.05, 4.69) is 10.6 Å². The molecule has 0 unspecified atom stereocenters. The third-order valence-corrected chi connectivity index (χ3v) is 3.94. The minimum atomic E-state index is -1.12. The number of hydrogen-bond acceptors (Lipinski definition) is 6. The summed E-state index contributed by atoms with van der Waals surface area (Å²) >= 11 is 0. The molecule has 0 saturated heterocycles. The molecule has 2 atom stereocenters. The number of carbonyl (C=O) groups is 3. The zero-order valence-electron chi connectivity index (χ0n) is 15.5. The van der Waals surface area contributed by atoms with Gasteiger partial charge in [0.1, 0.15) is 0 Å². The van der Waals surface area contributed by atoms with Gasteiger partial charge in [-0.25, -0.2) is 14.4 Å². The molecule has 2 rings (SSSR count). The van der Waals surface area contributed by atoms with Gasteiger partial charge in [0.05, 0.1) is 25.3 Å². The van der Waals surface area contributed by atoms with Crippen LogP contribution in [-0.4, -0.2) is 42.9 Å². The van der Waals surface area contributed by atoms with Crippen LogP contribution in [0.2, 0.25) is 0 Å². The van der Waals surface area contributed by atoms with Crippen LogP contribution in [0.4, 0.5) is 4.79 Å². The van der Waals surface area contributed by atoms with Crippen LogP contribution >= 0.6 is 0 Å². The lowest BCUT2D eigenvalue weighted by atomic mass is 9.95. The van der Waals surface area contributed by atoms with E-state index in [1.807, 2.05) is 0 Å². The summed E-state index contributed by atoms with van der Waals surface area (Å²) in [5.41, 5.74) is 1.21. The summed E-state index contributed by atoms with van der Waals surface area (Å²) in [6, 6.07) is 3.52. The predicted molar refractivity (Wildman–Crippen MR) is 94.5 cm³/mol. The van der Waals surface area contributed by atoms with Crippen molar-refractivity contribution >= 4 is 18.0 Å².